The van der Waals surface area contributed by atoms with Gasteiger partial charge in [-0.05, 0) is 19.2 Å². The number of hydrogen-bond acceptors (Lipinski definition) is 6. The number of nitrogens with one attached hydrogen (secondary N) is 1. The molecule has 2 aromatic carbocycles. The van der Waals surface area contributed by atoms with Crippen molar-refractivity contribution in [2.24, 2.45) is 0 Å². The van der Waals surface area contributed by atoms with Gasteiger partial charge in [-0.1, -0.05) is 24.3 Å². The number of nitrogens with zero attached hydrogens (tertiary/aromatic N) is 4. The molecule has 133 valence electrons. The second kappa shape index (κ2) is 7.17. The highest BCUT2D eigenvalue weighted by atomic mass is 16.5. The maximum absolute atomic E-state index is 5.59. The molecule has 4 rings (SSSR count). The van der Waals surface area contributed by atoms with Crippen molar-refractivity contribution in [3.63, 3.8) is 0 Å². The van der Waals surface area contributed by atoms with Crippen LogP contribution in [-0.4, -0.2) is 55.2 Å². The van der Waals surface area contributed by atoms with Crippen molar-refractivity contribution in [2.75, 3.05) is 50.6 Å². The second-order valence-electron chi connectivity index (χ2n) is 6.44. The highest BCUT2D eigenvalue weighted by molar-refractivity contribution is 5.82. The Bertz CT molecular complexity index is 906. The summed E-state index contributed by atoms with van der Waals surface area (Å²) < 4.78 is 5.59. The molecule has 1 aliphatic heterocycles. The lowest BCUT2D eigenvalue weighted by molar-refractivity contribution is 0.313. The third-order valence-electron chi connectivity index (χ3n) is 4.71. The molecule has 1 fully saturated rings. The molecule has 2 heterocycles. The summed E-state index contributed by atoms with van der Waals surface area (Å²) in [5, 5.41) is 4.34. The summed E-state index contributed by atoms with van der Waals surface area (Å²) >= 11 is 0. The van der Waals surface area contributed by atoms with Crippen LogP contribution >= 0.6 is 0 Å². The van der Waals surface area contributed by atoms with Crippen molar-refractivity contribution in [3.05, 3.63) is 48.7 Å². The lowest BCUT2D eigenvalue weighted by Crippen LogP contribution is -2.44. The summed E-state index contributed by atoms with van der Waals surface area (Å²) in [6.45, 7) is 4.03. The van der Waals surface area contributed by atoms with Crippen molar-refractivity contribution < 1.29 is 4.74 Å². The largest absolute Gasteiger partial charge is 0.494 e. The molecular weight excluding hydrogens is 326 g/mol. The molecule has 1 aromatic heterocycles. The number of anilines is 3. The van der Waals surface area contributed by atoms with Crippen molar-refractivity contribution in [2.45, 2.75) is 0 Å². The first kappa shape index (κ1) is 16.6. The van der Waals surface area contributed by atoms with Gasteiger partial charge in [0.05, 0.1) is 18.3 Å². The smallest absolute Gasteiger partial charge is 0.227 e. The van der Waals surface area contributed by atoms with Crippen LogP contribution in [0.4, 0.5) is 17.3 Å². The van der Waals surface area contributed by atoms with E-state index >= 15 is 0 Å². The molecule has 1 aliphatic rings. The molecule has 0 aliphatic carbocycles. The molecule has 0 unspecified atom stereocenters. The highest BCUT2D eigenvalue weighted by Crippen LogP contribution is 2.37. The summed E-state index contributed by atoms with van der Waals surface area (Å²) in [6, 6.07) is 15.0. The molecule has 6 heteroatoms. The van der Waals surface area contributed by atoms with E-state index in [1.807, 2.05) is 36.5 Å². The summed E-state index contributed by atoms with van der Waals surface area (Å²) in [6.07, 6.45) is 1.81. The fourth-order valence-corrected chi connectivity index (χ4v) is 3.21. The normalized spacial score (nSPS) is 15.2. The monoisotopic (exact) mass is 348 g/mol. The van der Waals surface area contributed by atoms with Gasteiger partial charge in [0.25, 0.3) is 0 Å². The van der Waals surface area contributed by atoms with Crippen LogP contribution in [0.5, 0.6) is 5.75 Å². The summed E-state index contributed by atoms with van der Waals surface area (Å²) in [7, 11) is 3.84. The van der Waals surface area contributed by atoms with Gasteiger partial charge in [0.15, 0.2) is 0 Å². The molecule has 1 N–H and O–H groups in total. The van der Waals surface area contributed by atoms with Crippen LogP contribution in [0.15, 0.2) is 42.6 Å². The minimum atomic E-state index is 0.542. The van der Waals surface area contributed by atoms with Gasteiger partial charge in [-0.3, -0.25) is 0 Å². The topological polar surface area (TPSA) is 53.5 Å². The van der Waals surface area contributed by atoms with Crippen molar-refractivity contribution in [1.29, 1.82) is 0 Å². The number of hydrogen-bond donors (Lipinski definition) is 1. The number of aromatic nitrogens is 2. The number of benzene rings is 2. The van der Waals surface area contributed by atoms with Crippen LogP contribution in [0.2, 0.25) is 0 Å². The van der Waals surface area contributed by atoms with E-state index in [1.54, 1.807) is 7.11 Å². The van der Waals surface area contributed by atoms with E-state index in [4.69, 9.17) is 4.74 Å². The van der Waals surface area contributed by atoms with Crippen molar-refractivity contribution >= 4 is 28.2 Å². The number of rotatable bonds is 4. The van der Waals surface area contributed by atoms with Crippen LogP contribution < -0.4 is 15.0 Å². The van der Waals surface area contributed by atoms with Gasteiger partial charge in [0, 0.05) is 43.8 Å². The molecule has 0 saturated carbocycles. The number of ether oxygens (including phenoxy) is 1. The number of methoxy groups -OCH3 is 1. The van der Waals surface area contributed by atoms with Crippen LogP contribution in [0, 0.1) is 6.07 Å². The fraction of sp³-hybridized carbons (Fsp3) is 0.300. The van der Waals surface area contributed by atoms with E-state index in [0.717, 1.165) is 54.2 Å². The molecule has 0 bridgehead atoms. The molecule has 26 heavy (non-hydrogen) atoms. The van der Waals surface area contributed by atoms with Gasteiger partial charge in [0.1, 0.15) is 11.4 Å². The Labute approximate surface area is 153 Å². The zero-order valence-electron chi connectivity index (χ0n) is 15.1. The van der Waals surface area contributed by atoms with E-state index in [1.165, 1.54) is 0 Å². The molecule has 0 amide bonds. The Kier molecular flexibility index (Phi) is 4.58. The predicted octanol–water partition coefficient (Wildman–Crippen LogP) is 2.93. The van der Waals surface area contributed by atoms with Gasteiger partial charge >= 0.3 is 0 Å². The molecular formula is C20H22N5O. The minimum absolute atomic E-state index is 0.542. The molecule has 1 saturated heterocycles. The van der Waals surface area contributed by atoms with Crippen molar-refractivity contribution in [3.8, 4) is 5.75 Å². The van der Waals surface area contributed by atoms with E-state index in [9.17, 15) is 0 Å². The molecule has 6 nitrogen and oxygen atoms in total. The average Bonchev–Trinajstić information content (AvgIpc) is 2.69. The second-order valence-corrected chi connectivity index (χ2v) is 6.44. The van der Waals surface area contributed by atoms with Gasteiger partial charge < -0.3 is 19.9 Å². The van der Waals surface area contributed by atoms with E-state index in [-0.39, 0.29) is 0 Å². The zero-order chi connectivity index (χ0) is 17.9. The van der Waals surface area contributed by atoms with E-state index < -0.39 is 0 Å². The molecule has 1 radical (unpaired) electrons. The van der Waals surface area contributed by atoms with Crippen LogP contribution in [0.1, 0.15) is 0 Å². The van der Waals surface area contributed by atoms with Crippen molar-refractivity contribution in [1.82, 2.24) is 14.9 Å². The summed E-state index contributed by atoms with van der Waals surface area (Å²) in [5.74, 6) is 1.32. The Balaban J connectivity index is 1.69. The van der Waals surface area contributed by atoms with Gasteiger partial charge in [0.2, 0.25) is 5.95 Å². The summed E-state index contributed by atoms with van der Waals surface area (Å²) in [5.41, 5.74) is 2.80. The number of para-hydroxylation sites is 2. The average molecular weight is 348 g/mol. The van der Waals surface area contributed by atoms with E-state index in [2.05, 4.69) is 44.3 Å². The lowest BCUT2D eigenvalue weighted by atomic mass is 10.2. The quantitative estimate of drug-likeness (QED) is 0.782. The van der Waals surface area contributed by atoms with Crippen LogP contribution in [0.3, 0.4) is 0 Å². The standard InChI is InChI=1S/C20H22N5O/c1-24-10-12-25(13-11-24)17-8-5-9-18(26-2)19(17)23-20-21-14-15-6-3-4-7-16(15)22-20/h3-6,8-9,14H,10-13H2,1-2H3,(H,21,22,23). The molecule has 3 aromatic rings. The first-order valence-electron chi connectivity index (χ1n) is 8.75. The van der Waals surface area contributed by atoms with Gasteiger partial charge in [-0.15, -0.1) is 0 Å². The number of piperazine rings is 1. The number of fused-ring (bicyclic) bond motifs is 1. The third-order valence-corrected chi connectivity index (χ3v) is 4.71. The first-order chi connectivity index (χ1) is 12.7. The van der Waals surface area contributed by atoms with Gasteiger partial charge in [-0.2, -0.15) is 0 Å². The maximum Gasteiger partial charge on any atom is 0.227 e. The third kappa shape index (κ3) is 3.28. The maximum atomic E-state index is 5.59. The summed E-state index contributed by atoms with van der Waals surface area (Å²) in [4.78, 5) is 13.7. The predicted molar refractivity (Wildman–Crippen MR) is 104 cm³/mol. The first-order valence-corrected chi connectivity index (χ1v) is 8.75. The lowest BCUT2D eigenvalue weighted by Gasteiger charge is -2.35. The van der Waals surface area contributed by atoms with Gasteiger partial charge in [-0.25, -0.2) is 9.97 Å². The molecule has 0 atom stereocenters. The van der Waals surface area contributed by atoms with Crippen LogP contribution in [-0.2, 0) is 0 Å². The Morgan fingerprint density at radius 2 is 1.96 bits per heavy atom. The highest BCUT2D eigenvalue weighted by Gasteiger charge is 2.20. The minimum Gasteiger partial charge on any atom is -0.494 e. The fourth-order valence-electron chi connectivity index (χ4n) is 3.21. The van der Waals surface area contributed by atoms with Crippen LogP contribution in [0.25, 0.3) is 10.9 Å². The SMILES string of the molecule is COc1cccc(N2CCN(C)CC2)c1Nc1ncc2ccc[c]c2n1. The number of likely N-dealkylation sites (N-methyl/N-ethyl adjacent to an activating group) is 1. The Morgan fingerprint density at radius 3 is 2.77 bits per heavy atom. The Hall–Kier alpha value is -2.86. The molecule has 0 spiro atoms. The zero-order valence-corrected chi connectivity index (χ0v) is 15.1. The Morgan fingerprint density at radius 1 is 1.12 bits per heavy atom. The van der Waals surface area contributed by atoms with E-state index in [0.29, 0.717) is 5.95 Å².